The van der Waals surface area contributed by atoms with Crippen molar-refractivity contribution in [2.75, 3.05) is 13.1 Å². The van der Waals surface area contributed by atoms with Crippen molar-refractivity contribution in [3.8, 4) is 0 Å². The van der Waals surface area contributed by atoms with E-state index in [9.17, 15) is 9.90 Å². The second-order valence-corrected chi connectivity index (χ2v) is 6.94. The highest BCUT2D eigenvalue weighted by molar-refractivity contribution is 5.85. The number of hydrogen-bond acceptors (Lipinski definition) is 3. The fraction of sp³-hybridized carbons (Fsp3) is 0.611. The van der Waals surface area contributed by atoms with Gasteiger partial charge >= 0.3 is 0 Å². The van der Waals surface area contributed by atoms with E-state index in [0.29, 0.717) is 6.42 Å². The van der Waals surface area contributed by atoms with Crippen LogP contribution in [0.25, 0.3) is 0 Å². The Labute approximate surface area is 144 Å². The summed E-state index contributed by atoms with van der Waals surface area (Å²) in [5.41, 5.74) is 1.18. The molecule has 1 heterocycles. The lowest BCUT2D eigenvalue weighted by atomic mass is 9.91. The molecule has 1 aromatic rings. The fourth-order valence-electron chi connectivity index (χ4n) is 3.74. The third-order valence-corrected chi connectivity index (χ3v) is 5.26. The van der Waals surface area contributed by atoms with Crippen LogP contribution in [0, 0.1) is 11.3 Å². The number of carbonyl (C=O) groups excluding carboxylic acids is 1. The number of benzene rings is 1. The Bertz CT molecular complexity index is 517. The van der Waals surface area contributed by atoms with E-state index >= 15 is 0 Å². The Kier molecular flexibility index (Phi) is 6.06. The monoisotopic (exact) mass is 338 g/mol. The van der Waals surface area contributed by atoms with Gasteiger partial charge in [-0.05, 0) is 56.7 Å². The highest BCUT2D eigenvalue weighted by Crippen LogP contribution is 2.58. The molecule has 0 radical (unpaired) electrons. The Morgan fingerprint density at radius 2 is 2.00 bits per heavy atom. The van der Waals surface area contributed by atoms with Gasteiger partial charge in [0.05, 0.1) is 6.10 Å². The Morgan fingerprint density at radius 3 is 2.65 bits per heavy atom. The van der Waals surface area contributed by atoms with E-state index in [1.54, 1.807) is 0 Å². The minimum absolute atomic E-state index is 0. The predicted molar refractivity (Wildman–Crippen MR) is 93.5 cm³/mol. The molecule has 5 heteroatoms. The first-order valence-corrected chi connectivity index (χ1v) is 8.35. The van der Waals surface area contributed by atoms with Crippen LogP contribution in [0.3, 0.4) is 0 Å². The first-order chi connectivity index (χ1) is 10.6. The lowest BCUT2D eigenvalue weighted by Crippen LogP contribution is -2.38. The van der Waals surface area contributed by atoms with Crippen LogP contribution >= 0.6 is 12.4 Å². The fourth-order valence-corrected chi connectivity index (χ4v) is 3.74. The van der Waals surface area contributed by atoms with Gasteiger partial charge in [0.25, 0.3) is 0 Å². The molecular weight excluding hydrogens is 312 g/mol. The van der Waals surface area contributed by atoms with Crippen molar-refractivity contribution in [3.05, 3.63) is 35.9 Å². The van der Waals surface area contributed by atoms with Gasteiger partial charge in [-0.15, -0.1) is 12.4 Å². The molecule has 0 aromatic heterocycles. The van der Waals surface area contributed by atoms with Gasteiger partial charge in [0.2, 0.25) is 5.91 Å². The van der Waals surface area contributed by atoms with Gasteiger partial charge in [-0.3, -0.25) is 4.79 Å². The number of carbonyl (C=O) groups is 1. The van der Waals surface area contributed by atoms with E-state index in [1.807, 2.05) is 37.3 Å². The molecule has 23 heavy (non-hydrogen) atoms. The van der Waals surface area contributed by atoms with Crippen molar-refractivity contribution >= 4 is 18.3 Å². The maximum Gasteiger partial charge on any atom is 0.223 e. The van der Waals surface area contributed by atoms with Crippen LogP contribution in [0.2, 0.25) is 0 Å². The molecular formula is C18H27ClN2O2. The largest absolute Gasteiger partial charge is 0.388 e. The van der Waals surface area contributed by atoms with Crippen molar-refractivity contribution in [2.45, 2.75) is 44.8 Å². The summed E-state index contributed by atoms with van der Waals surface area (Å²) in [5, 5.41) is 16.7. The number of hydrogen-bond donors (Lipinski definition) is 3. The molecule has 4 nitrogen and oxygen atoms in total. The molecule has 2 fully saturated rings. The van der Waals surface area contributed by atoms with Crippen LogP contribution in [0.15, 0.2) is 30.3 Å². The van der Waals surface area contributed by atoms with Crippen molar-refractivity contribution < 1.29 is 9.90 Å². The molecule has 2 aliphatic rings. The van der Waals surface area contributed by atoms with E-state index in [4.69, 9.17) is 0 Å². The zero-order valence-electron chi connectivity index (χ0n) is 13.6. The highest BCUT2D eigenvalue weighted by atomic mass is 35.5. The minimum Gasteiger partial charge on any atom is -0.388 e. The van der Waals surface area contributed by atoms with Gasteiger partial charge in [-0.25, -0.2) is 0 Å². The van der Waals surface area contributed by atoms with E-state index in [-0.39, 0.29) is 35.7 Å². The average Bonchev–Trinajstić information content (AvgIpc) is 3.22. The number of nitrogens with one attached hydrogen (secondary N) is 2. The molecule has 1 saturated carbocycles. The Balaban J connectivity index is 0.00000192. The Morgan fingerprint density at radius 1 is 1.35 bits per heavy atom. The van der Waals surface area contributed by atoms with Crippen molar-refractivity contribution in [1.29, 1.82) is 0 Å². The number of halogens is 1. The smallest absolute Gasteiger partial charge is 0.223 e. The third kappa shape index (κ3) is 4.25. The molecule has 3 unspecified atom stereocenters. The second kappa shape index (κ2) is 7.65. The summed E-state index contributed by atoms with van der Waals surface area (Å²) in [7, 11) is 0. The molecule has 1 aliphatic heterocycles. The van der Waals surface area contributed by atoms with Crippen LogP contribution in [-0.4, -0.2) is 30.1 Å². The van der Waals surface area contributed by atoms with E-state index < -0.39 is 6.10 Å². The summed E-state index contributed by atoms with van der Waals surface area (Å²) in [6.45, 7) is 4.04. The molecule has 3 atom stereocenters. The molecule has 1 aliphatic carbocycles. The lowest BCUT2D eigenvalue weighted by Gasteiger charge is -2.24. The Hall–Kier alpha value is -1.10. The molecule has 3 N–H and O–H groups in total. The maximum absolute atomic E-state index is 12.4. The van der Waals surface area contributed by atoms with Gasteiger partial charge in [0.15, 0.2) is 0 Å². The first kappa shape index (κ1) is 18.2. The summed E-state index contributed by atoms with van der Waals surface area (Å²) in [4.78, 5) is 12.4. The SMILES string of the molecule is CC(CC(O)c1ccccc1)NC(=O)C1CC12CCNCC2.Cl. The summed E-state index contributed by atoms with van der Waals surface area (Å²) >= 11 is 0. The maximum atomic E-state index is 12.4. The van der Waals surface area contributed by atoms with Gasteiger partial charge < -0.3 is 15.7 Å². The topological polar surface area (TPSA) is 61.4 Å². The number of rotatable bonds is 5. The highest BCUT2D eigenvalue weighted by Gasteiger charge is 2.57. The van der Waals surface area contributed by atoms with E-state index in [2.05, 4.69) is 10.6 Å². The molecule has 128 valence electrons. The van der Waals surface area contributed by atoms with Gasteiger partial charge in [-0.1, -0.05) is 30.3 Å². The summed E-state index contributed by atoms with van der Waals surface area (Å²) < 4.78 is 0. The van der Waals surface area contributed by atoms with Gasteiger partial charge in [-0.2, -0.15) is 0 Å². The molecule has 1 spiro atoms. The van der Waals surface area contributed by atoms with Crippen molar-refractivity contribution in [3.63, 3.8) is 0 Å². The quantitative estimate of drug-likeness (QED) is 0.772. The molecule has 1 saturated heterocycles. The van der Waals surface area contributed by atoms with Crippen LogP contribution < -0.4 is 10.6 Å². The normalized spacial score (nSPS) is 24.3. The summed E-state index contributed by atoms with van der Waals surface area (Å²) in [6.07, 6.45) is 3.30. The van der Waals surface area contributed by atoms with Gasteiger partial charge in [0.1, 0.15) is 0 Å². The molecule has 1 amide bonds. The van der Waals surface area contributed by atoms with Crippen LogP contribution in [0.4, 0.5) is 0 Å². The molecule has 0 bridgehead atoms. The summed E-state index contributed by atoms with van der Waals surface area (Å²) in [5.74, 6) is 0.362. The second-order valence-electron chi connectivity index (χ2n) is 6.94. The van der Waals surface area contributed by atoms with Crippen molar-refractivity contribution in [2.24, 2.45) is 11.3 Å². The zero-order chi connectivity index (χ0) is 15.6. The standard InChI is InChI=1S/C18H26N2O2.ClH/c1-13(11-16(21)14-5-3-2-4-6-14)20-17(22)15-12-18(15)7-9-19-10-8-18;/h2-6,13,15-16,19,21H,7-12H2,1H3,(H,20,22);1H. The van der Waals surface area contributed by atoms with Crippen LogP contribution in [-0.2, 0) is 4.79 Å². The zero-order valence-corrected chi connectivity index (χ0v) is 14.4. The number of aliphatic hydroxyl groups is 1. The van der Waals surface area contributed by atoms with Crippen molar-refractivity contribution in [1.82, 2.24) is 10.6 Å². The lowest BCUT2D eigenvalue weighted by molar-refractivity contribution is -0.124. The third-order valence-electron chi connectivity index (χ3n) is 5.26. The van der Waals surface area contributed by atoms with E-state index in [1.165, 1.54) is 0 Å². The number of piperidine rings is 1. The molecule has 1 aromatic carbocycles. The van der Waals surface area contributed by atoms with E-state index in [0.717, 1.165) is 37.9 Å². The number of aliphatic hydroxyl groups excluding tert-OH is 1. The van der Waals surface area contributed by atoms with Crippen LogP contribution in [0.5, 0.6) is 0 Å². The van der Waals surface area contributed by atoms with Gasteiger partial charge in [0, 0.05) is 12.0 Å². The van der Waals surface area contributed by atoms with Crippen LogP contribution in [0.1, 0.15) is 44.3 Å². The minimum atomic E-state index is -0.524. The number of amides is 1. The first-order valence-electron chi connectivity index (χ1n) is 8.35. The summed E-state index contributed by atoms with van der Waals surface area (Å²) in [6, 6.07) is 9.61. The molecule has 3 rings (SSSR count). The average molecular weight is 339 g/mol. The predicted octanol–water partition coefficient (Wildman–Crippen LogP) is 2.43.